The fourth-order valence-corrected chi connectivity index (χ4v) is 0.290. The molecule has 1 amide bonds. The first-order chi connectivity index (χ1) is 5.31. The summed E-state index contributed by atoms with van der Waals surface area (Å²) in [6, 6.07) is 0. The van der Waals surface area contributed by atoms with Crippen molar-refractivity contribution in [2.45, 2.75) is 21.3 Å². The number of carbonyl (C=O) groups is 1. The summed E-state index contributed by atoms with van der Waals surface area (Å²) in [5.41, 5.74) is 0. The molecule has 0 rings (SSSR count). The molecule has 0 fully saturated rings. The van der Waals surface area contributed by atoms with E-state index >= 15 is 0 Å². The van der Waals surface area contributed by atoms with Crippen LogP contribution in [0.4, 0.5) is 4.79 Å². The number of carbonyl (C=O) groups excluding carboxylic acids is 1. The van der Waals surface area contributed by atoms with Crippen LogP contribution in [-0.2, 0) is 9.47 Å². The van der Waals surface area contributed by atoms with Crippen LogP contribution >= 0.6 is 0 Å². The normalized spacial score (nSPS) is 7.00. The van der Waals surface area contributed by atoms with Crippen LogP contribution < -0.4 is 5.32 Å². The fraction of sp³-hybridized carbons (Fsp3) is 0.875. The molecule has 0 aliphatic carbocycles. The Hall–Kier alpha value is -0.770. The Morgan fingerprint density at radius 1 is 1.33 bits per heavy atom. The third-order valence-electron chi connectivity index (χ3n) is 0.725. The molecule has 0 aromatic heterocycles. The minimum Gasteiger partial charge on any atom is -0.447 e. The maximum atomic E-state index is 10.3. The number of ether oxygens (including phenoxy) is 2. The molecule has 0 aliphatic rings. The van der Waals surface area contributed by atoms with Crippen molar-refractivity contribution in [1.82, 2.24) is 5.32 Å². The van der Waals surface area contributed by atoms with Crippen LogP contribution in [0.2, 0.25) is 0 Å². The number of amides is 1. The van der Waals surface area contributed by atoms with E-state index in [1.165, 1.54) is 7.05 Å². The van der Waals surface area contributed by atoms with Crippen LogP contribution in [0.3, 0.4) is 0 Å². The highest BCUT2D eigenvalue weighted by molar-refractivity contribution is 5.66. The second kappa shape index (κ2) is 16.7. The van der Waals surface area contributed by atoms with Crippen molar-refractivity contribution in [3.8, 4) is 0 Å². The predicted octanol–water partition coefficient (Wildman–Crippen LogP) is 1.65. The standard InChI is InChI=1S/C5H11NO3.C2H6.CH4/c1-6-5(7)9-4-3-8-2;1-2;/h3-4H2,1-2H3,(H,6,7);1-2H3;1H4. The Labute approximate surface area is 75.2 Å². The summed E-state index contributed by atoms with van der Waals surface area (Å²) in [5.74, 6) is 0. The van der Waals surface area contributed by atoms with Gasteiger partial charge in [-0.1, -0.05) is 21.3 Å². The molecule has 0 aromatic carbocycles. The van der Waals surface area contributed by atoms with Gasteiger partial charge in [0.1, 0.15) is 6.61 Å². The molecule has 4 heteroatoms. The van der Waals surface area contributed by atoms with Crippen molar-refractivity contribution in [3.05, 3.63) is 0 Å². The molecule has 0 aromatic rings. The van der Waals surface area contributed by atoms with E-state index < -0.39 is 6.09 Å². The van der Waals surface area contributed by atoms with Crippen LogP contribution in [-0.4, -0.2) is 33.5 Å². The van der Waals surface area contributed by atoms with Gasteiger partial charge in [-0.05, 0) is 0 Å². The van der Waals surface area contributed by atoms with Crippen LogP contribution in [0.5, 0.6) is 0 Å². The van der Waals surface area contributed by atoms with E-state index in [0.717, 1.165) is 0 Å². The molecule has 0 bridgehead atoms. The van der Waals surface area contributed by atoms with Gasteiger partial charge in [0.2, 0.25) is 0 Å². The van der Waals surface area contributed by atoms with E-state index in [4.69, 9.17) is 0 Å². The Morgan fingerprint density at radius 2 is 1.83 bits per heavy atom. The van der Waals surface area contributed by atoms with E-state index in [-0.39, 0.29) is 7.43 Å². The van der Waals surface area contributed by atoms with E-state index in [2.05, 4.69) is 14.8 Å². The van der Waals surface area contributed by atoms with E-state index in [0.29, 0.717) is 13.2 Å². The zero-order chi connectivity index (χ0) is 9.11. The lowest BCUT2D eigenvalue weighted by molar-refractivity contribution is 0.0998. The van der Waals surface area contributed by atoms with E-state index in [1.807, 2.05) is 13.8 Å². The highest BCUT2D eigenvalue weighted by Crippen LogP contribution is 1.75. The molecule has 0 spiro atoms. The number of methoxy groups -OCH3 is 1. The minimum atomic E-state index is -0.424. The maximum absolute atomic E-state index is 10.3. The third kappa shape index (κ3) is 16.1. The van der Waals surface area contributed by atoms with Crippen LogP contribution in [0, 0.1) is 0 Å². The summed E-state index contributed by atoms with van der Waals surface area (Å²) in [5, 5.41) is 2.31. The molecule has 0 unspecified atom stereocenters. The molecule has 0 saturated heterocycles. The summed E-state index contributed by atoms with van der Waals surface area (Å²) in [4.78, 5) is 10.3. The van der Waals surface area contributed by atoms with Gasteiger partial charge in [-0.3, -0.25) is 0 Å². The number of hydrogen-bond acceptors (Lipinski definition) is 3. The zero-order valence-electron chi connectivity index (χ0n) is 7.64. The van der Waals surface area contributed by atoms with Gasteiger partial charge in [0.15, 0.2) is 0 Å². The van der Waals surface area contributed by atoms with Gasteiger partial charge in [-0.2, -0.15) is 0 Å². The molecule has 1 N–H and O–H groups in total. The van der Waals surface area contributed by atoms with Crippen molar-refractivity contribution in [3.63, 3.8) is 0 Å². The van der Waals surface area contributed by atoms with Crippen molar-refractivity contribution in [1.29, 1.82) is 0 Å². The first-order valence-electron chi connectivity index (χ1n) is 3.64. The summed E-state index contributed by atoms with van der Waals surface area (Å²) >= 11 is 0. The molecule has 0 saturated carbocycles. The lowest BCUT2D eigenvalue weighted by atomic mass is 10.8. The quantitative estimate of drug-likeness (QED) is 0.670. The van der Waals surface area contributed by atoms with Crippen LogP contribution in [0.25, 0.3) is 0 Å². The lowest BCUT2D eigenvalue weighted by Crippen LogP contribution is -2.20. The Kier molecular flexibility index (Phi) is 24.1. The Morgan fingerprint density at radius 3 is 2.17 bits per heavy atom. The fourth-order valence-electron chi connectivity index (χ4n) is 0.290. The predicted molar refractivity (Wildman–Crippen MR) is 50.4 cm³/mol. The highest BCUT2D eigenvalue weighted by Gasteiger charge is 1.93. The SMILES string of the molecule is C.CC.CNC(=O)OCCOC. The molecule has 0 aliphatic heterocycles. The second-order valence-corrected chi connectivity index (χ2v) is 1.38. The molecule has 0 atom stereocenters. The summed E-state index contributed by atoms with van der Waals surface area (Å²) in [6.07, 6.45) is -0.424. The molecule has 76 valence electrons. The maximum Gasteiger partial charge on any atom is 0.406 e. The summed E-state index contributed by atoms with van der Waals surface area (Å²) in [7, 11) is 3.06. The van der Waals surface area contributed by atoms with Gasteiger partial charge >= 0.3 is 6.09 Å². The molecule has 12 heavy (non-hydrogen) atoms. The number of hydrogen-bond donors (Lipinski definition) is 1. The van der Waals surface area contributed by atoms with Crippen molar-refractivity contribution in [2.24, 2.45) is 0 Å². The number of alkyl carbamates (subject to hydrolysis) is 1. The van der Waals surface area contributed by atoms with Crippen molar-refractivity contribution >= 4 is 6.09 Å². The monoisotopic (exact) mass is 179 g/mol. The minimum absolute atomic E-state index is 0. The zero-order valence-corrected chi connectivity index (χ0v) is 7.64. The van der Waals surface area contributed by atoms with Gasteiger partial charge in [-0.15, -0.1) is 0 Å². The van der Waals surface area contributed by atoms with E-state index in [1.54, 1.807) is 7.11 Å². The lowest BCUT2D eigenvalue weighted by Gasteiger charge is -2.00. The smallest absolute Gasteiger partial charge is 0.406 e. The van der Waals surface area contributed by atoms with Gasteiger partial charge in [0.05, 0.1) is 6.61 Å². The second-order valence-electron chi connectivity index (χ2n) is 1.38. The molecule has 4 nitrogen and oxygen atoms in total. The van der Waals surface area contributed by atoms with Gasteiger partial charge in [0, 0.05) is 14.2 Å². The molecule has 0 radical (unpaired) electrons. The third-order valence-corrected chi connectivity index (χ3v) is 0.725. The summed E-state index contributed by atoms with van der Waals surface area (Å²) < 4.78 is 9.19. The molecule has 0 heterocycles. The first-order valence-corrected chi connectivity index (χ1v) is 3.64. The van der Waals surface area contributed by atoms with Gasteiger partial charge in [-0.25, -0.2) is 4.79 Å². The topological polar surface area (TPSA) is 47.6 Å². The summed E-state index contributed by atoms with van der Waals surface area (Å²) in [6.45, 7) is 4.74. The average molecular weight is 179 g/mol. The molecular weight excluding hydrogens is 158 g/mol. The van der Waals surface area contributed by atoms with E-state index in [9.17, 15) is 4.79 Å². The van der Waals surface area contributed by atoms with Crippen LogP contribution in [0.15, 0.2) is 0 Å². The van der Waals surface area contributed by atoms with Crippen molar-refractivity contribution < 1.29 is 14.3 Å². The number of rotatable bonds is 3. The highest BCUT2D eigenvalue weighted by atomic mass is 16.6. The largest absolute Gasteiger partial charge is 0.447 e. The van der Waals surface area contributed by atoms with Crippen molar-refractivity contribution in [2.75, 3.05) is 27.4 Å². The Balaban J connectivity index is -0.000000249. The van der Waals surface area contributed by atoms with Crippen LogP contribution in [0.1, 0.15) is 21.3 Å². The van der Waals surface area contributed by atoms with Gasteiger partial charge in [0.25, 0.3) is 0 Å². The Bertz CT molecular complexity index is 86.4. The number of nitrogens with one attached hydrogen (secondary N) is 1. The van der Waals surface area contributed by atoms with Gasteiger partial charge < -0.3 is 14.8 Å². The first kappa shape index (κ1) is 17.4. The molecular formula is C8H21NO3. The average Bonchev–Trinajstić information content (AvgIpc) is 2.08.